The Kier molecular flexibility index (Phi) is 2.33. The third kappa shape index (κ3) is 1.68. The van der Waals surface area contributed by atoms with E-state index in [4.69, 9.17) is 4.74 Å². The summed E-state index contributed by atoms with van der Waals surface area (Å²) in [6.07, 6.45) is 2.99. The molecule has 1 aromatic heterocycles. The number of aromatic nitrogens is 1. The van der Waals surface area contributed by atoms with Crippen LogP contribution in [0.4, 0.5) is 0 Å². The van der Waals surface area contributed by atoms with Crippen molar-refractivity contribution in [1.29, 1.82) is 0 Å². The lowest BCUT2D eigenvalue weighted by molar-refractivity contribution is 0.416. The summed E-state index contributed by atoms with van der Waals surface area (Å²) in [6, 6.07) is 16.3. The second-order valence-corrected chi connectivity index (χ2v) is 3.92. The van der Waals surface area contributed by atoms with Crippen molar-refractivity contribution in [1.82, 2.24) is 4.98 Å². The van der Waals surface area contributed by atoms with E-state index in [0.717, 1.165) is 22.4 Å². The molecule has 0 aliphatic carbocycles. The normalized spacial score (nSPS) is 10.6. The zero-order valence-corrected chi connectivity index (χ0v) is 9.53. The minimum Gasteiger partial charge on any atom is -0.496 e. The number of methoxy groups -OCH3 is 1. The molecule has 0 bridgehead atoms. The molecule has 0 aliphatic heterocycles. The molecule has 0 atom stereocenters. The smallest absolute Gasteiger partial charge is 0.126 e. The average molecular weight is 222 g/mol. The van der Waals surface area contributed by atoms with Gasteiger partial charge in [0.25, 0.3) is 0 Å². The number of benzene rings is 2. The Bertz CT molecular complexity index is 655. The lowest BCUT2D eigenvalue weighted by Crippen LogP contribution is -1.87. The zero-order chi connectivity index (χ0) is 11.7. The number of fused-ring (bicyclic) bond motifs is 1. The molecule has 3 aromatic rings. The summed E-state index contributed by atoms with van der Waals surface area (Å²) in [7, 11) is 1.69. The first-order valence-electron chi connectivity index (χ1n) is 5.51. The van der Waals surface area contributed by atoms with Crippen LogP contribution in [0.3, 0.4) is 0 Å². The molecular weight excluding hydrogens is 210 g/mol. The highest BCUT2D eigenvalue weighted by molar-refractivity contribution is 5.85. The minimum atomic E-state index is 0.891. The fourth-order valence-electron chi connectivity index (χ4n) is 2.03. The van der Waals surface area contributed by atoms with Gasteiger partial charge in [0.2, 0.25) is 0 Å². The Hall–Kier alpha value is -2.22. The van der Waals surface area contributed by atoms with Gasteiger partial charge in [-0.15, -0.1) is 0 Å². The van der Waals surface area contributed by atoms with E-state index in [1.54, 1.807) is 7.11 Å². The van der Waals surface area contributed by atoms with Crippen LogP contribution in [0.2, 0.25) is 0 Å². The summed E-state index contributed by atoms with van der Waals surface area (Å²) in [5.41, 5.74) is 3.34. The second kappa shape index (κ2) is 3.98. The number of rotatable bonds is 2. The summed E-state index contributed by atoms with van der Waals surface area (Å²) < 4.78 is 5.38. The van der Waals surface area contributed by atoms with E-state index in [-0.39, 0.29) is 0 Å². The van der Waals surface area contributed by atoms with Crippen LogP contribution in [0.25, 0.3) is 22.0 Å². The number of nitrogens with one attached hydrogen (secondary N) is 1. The van der Waals surface area contributed by atoms with E-state index in [1.807, 2.05) is 24.3 Å². The first-order valence-corrected chi connectivity index (χ1v) is 5.51. The van der Waals surface area contributed by atoms with E-state index in [9.17, 15) is 0 Å². The molecule has 1 radical (unpaired) electrons. The van der Waals surface area contributed by atoms with Gasteiger partial charge in [-0.2, -0.15) is 0 Å². The molecule has 2 nitrogen and oxygen atoms in total. The highest BCUT2D eigenvalue weighted by Gasteiger charge is 2.05. The van der Waals surface area contributed by atoms with Gasteiger partial charge < -0.3 is 9.72 Å². The number of hydrogen-bond acceptors (Lipinski definition) is 1. The van der Waals surface area contributed by atoms with Gasteiger partial charge in [0, 0.05) is 16.5 Å². The maximum atomic E-state index is 5.38. The number of ether oxygens (including phenoxy) is 1. The maximum Gasteiger partial charge on any atom is 0.126 e. The van der Waals surface area contributed by atoms with Crippen LogP contribution in [0.5, 0.6) is 5.75 Å². The Balaban J connectivity index is 2.19. The molecule has 1 heterocycles. The maximum absolute atomic E-state index is 5.38. The molecule has 2 aromatic carbocycles. The van der Waals surface area contributed by atoms with E-state index >= 15 is 0 Å². The van der Waals surface area contributed by atoms with Crippen LogP contribution in [0.15, 0.2) is 48.5 Å². The summed E-state index contributed by atoms with van der Waals surface area (Å²) in [6.45, 7) is 0. The lowest BCUT2D eigenvalue weighted by atomic mass is 10.0. The SMILES string of the molecule is COc1ccccc1-c1ccc2c[c][nH]c2c1. The topological polar surface area (TPSA) is 25.0 Å². The van der Waals surface area contributed by atoms with Crippen LogP contribution in [-0.2, 0) is 0 Å². The van der Waals surface area contributed by atoms with Gasteiger partial charge in [0.15, 0.2) is 0 Å². The third-order valence-electron chi connectivity index (χ3n) is 2.91. The van der Waals surface area contributed by atoms with Crippen molar-refractivity contribution in [2.45, 2.75) is 0 Å². The Labute approximate surface area is 99.9 Å². The first kappa shape index (κ1) is 9.97. The predicted molar refractivity (Wildman–Crippen MR) is 69.1 cm³/mol. The van der Waals surface area contributed by atoms with Crippen molar-refractivity contribution in [3.05, 3.63) is 54.7 Å². The van der Waals surface area contributed by atoms with Gasteiger partial charge in [-0.05, 0) is 23.8 Å². The minimum absolute atomic E-state index is 0.891. The second-order valence-electron chi connectivity index (χ2n) is 3.92. The number of para-hydroxylation sites is 1. The zero-order valence-electron chi connectivity index (χ0n) is 9.53. The van der Waals surface area contributed by atoms with Gasteiger partial charge in [-0.1, -0.05) is 30.3 Å². The van der Waals surface area contributed by atoms with Crippen molar-refractivity contribution in [3.8, 4) is 16.9 Å². The van der Waals surface area contributed by atoms with Gasteiger partial charge in [0.1, 0.15) is 5.75 Å². The molecule has 2 heteroatoms. The van der Waals surface area contributed by atoms with Crippen molar-refractivity contribution < 1.29 is 4.74 Å². The van der Waals surface area contributed by atoms with E-state index in [0.29, 0.717) is 0 Å². The standard InChI is InChI=1S/C15H12NO/c1-17-15-5-3-2-4-13(15)12-7-6-11-8-9-16-14(11)10-12/h2-8,10,16H,1H3. The Morgan fingerprint density at radius 2 is 2.00 bits per heavy atom. The van der Waals surface area contributed by atoms with Crippen molar-refractivity contribution in [2.24, 2.45) is 0 Å². The van der Waals surface area contributed by atoms with Crippen molar-refractivity contribution in [3.63, 3.8) is 0 Å². The molecule has 17 heavy (non-hydrogen) atoms. The molecule has 0 spiro atoms. The van der Waals surface area contributed by atoms with Gasteiger partial charge >= 0.3 is 0 Å². The highest BCUT2D eigenvalue weighted by Crippen LogP contribution is 2.31. The van der Waals surface area contributed by atoms with Crippen molar-refractivity contribution >= 4 is 10.9 Å². The summed E-state index contributed by atoms with van der Waals surface area (Å²) in [4.78, 5) is 3.10. The molecule has 0 unspecified atom stereocenters. The fourth-order valence-corrected chi connectivity index (χ4v) is 2.03. The third-order valence-corrected chi connectivity index (χ3v) is 2.91. The molecule has 0 saturated carbocycles. The van der Waals surface area contributed by atoms with Gasteiger partial charge in [-0.3, -0.25) is 0 Å². The lowest BCUT2D eigenvalue weighted by Gasteiger charge is -2.08. The number of hydrogen-bond donors (Lipinski definition) is 1. The van der Waals surface area contributed by atoms with Crippen LogP contribution in [0, 0.1) is 6.20 Å². The molecule has 0 saturated heterocycles. The molecule has 83 valence electrons. The van der Waals surface area contributed by atoms with Crippen LogP contribution in [0.1, 0.15) is 0 Å². The molecular formula is C15H12NO. The molecule has 0 fully saturated rings. The van der Waals surface area contributed by atoms with E-state index in [1.165, 1.54) is 5.39 Å². The van der Waals surface area contributed by atoms with Gasteiger partial charge in [0.05, 0.1) is 13.3 Å². The summed E-state index contributed by atoms with van der Waals surface area (Å²) in [5.74, 6) is 0.891. The summed E-state index contributed by atoms with van der Waals surface area (Å²) in [5, 5.41) is 1.17. The molecule has 0 amide bonds. The fraction of sp³-hybridized carbons (Fsp3) is 0.0667. The van der Waals surface area contributed by atoms with Gasteiger partial charge in [-0.25, -0.2) is 0 Å². The van der Waals surface area contributed by atoms with Crippen LogP contribution in [-0.4, -0.2) is 12.1 Å². The first-order chi connectivity index (χ1) is 8.38. The van der Waals surface area contributed by atoms with Crippen LogP contribution < -0.4 is 4.74 Å². The van der Waals surface area contributed by atoms with E-state index < -0.39 is 0 Å². The van der Waals surface area contributed by atoms with Crippen LogP contribution >= 0.6 is 0 Å². The average Bonchev–Trinajstić information content (AvgIpc) is 2.85. The molecule has 3 rings (SSSR count). The Morgan fingerprint density at radius 1 is 1.12 bits per heavy atom. The largest absolute Gasteiger partial charge is 0.496 e. The monoisotopic (exact) mass is 222 g/mol. The molecule has 0 aliphatic rings. The highest BCUT2D eigenvalue weighted by atomic mass is 16.5. The van der Waals surface area contributed by atoms with E-state index in [2.05, 4.69) is 35.4 Å². The summed E-state index contributed by atoms with van der Waals surface area (Å²) >= 11 is 0. The number of H-pyrrole nitrogens is 1. The Morgan fingerprint density at radius 3 is 2.88 bits per heavy atom. The molecule has 1 N–H and O–H groups in total. The quantitative estimate of drug-likeness (QED) is 0.703. The predicted octanol–water partition coefficient (Wildman–Crippen LogP) is 3.64. The van der Waals surface area contributed by atoms with Crippen molar-refractivity contribution in [2.75, 3.05) is 7.11 Å². The number of aromatic amines is 1.